The van der Waals surface area contributed by atoms with Crippen LogP contribution in [0, 0.1) is 6.92 Å². The molecule has 0 aliphatic heterocycles. The van der Waals surface area contributed by atoms with E-state index in [9.17, 15) is 9.67 Å². The molecule has 0 saturated carbocycles. The van der Waals surface area contributed by atoms with Crippen molar-refractivity contribution in [2.75, 3.05) is 13.3 Å². The molecule has 0 unspecified atom stereocenters. The molecule has 0 aliphatic carbocycles. The van der Waals surface area contributed by atoms with E-state index in [1.54, 1.807) is 31.5 Å². The van der Waals surface area contributed by atoms with Gasteiger partial charge in [-0.05, 0) is 31.9 Å². The molecule has 0 bridgehead atoms. The van der Waals surface area contributed by atoms with Gasteiger partial charge in [-0.3, -0.25) is 0 Å². The topological polar surface area (TPSA) is 37.3 Å². The SMILES string of the molecule is Cc1ccc(P(C)(C)=O)cc1O. The van der Waals surface area contributed by atoms with Crippen molar-refractivity contribution in [2.45, 2.75) is 6.92 Å². The number of phenolic OH excluding ortho intramolecular Hbond substituents is 1. The van der Waals surface area contributed by atoms with E-state index in [1.807, 2.05) is 6.92 Å². The summed E-state index contributed by atoms with van der Waals surface area (Å²) in [5.74, 6) is 0.219. The standard InChI is InChI=1S/C9H13O2P/c1-7-4-5-8(6-9(7)10)12(2,3)11/h4-6,10H,1-3H3. The second-order valence-corrected chi connectivity index (χ2v) is 6.54. The molecule has 1 N–H and O–H groups in total. The molecule has 12 heavy (non-hydrogen) atoms. The van der Waals surface area contributed by atoms with Crippen molar-refractivity contribution in [1.29, 1.82) is 0 Å². The number of aromatic hydroxyl groups is 1. The maximum atomic E-state index is 11.6. The first-order valence-electron chi connectivity index (χ1n) is 3.76. The van der Waals surface area contributed by atoms with Crippen LogP contribution in [0.3, 0.4) is 0 Å². The smallest absolute Gasteiger partial charge is 0.119 e. The normalized spacial score (nSPS) is 11.6. The molecule has 0 heterocycles. The molecule has 0 atom stereocenters. The van der Waals surface area contributed by atoms with Crippen LogP contribution >= 0.6 is 7.14 Å². The van der Waals surface area contributed by atoms with E-state index in [0.29, 0.717) is 0 Å². The number of aryl methyl sites for hydroxylation is 1. The van der Waals surface area contributed by atoms with Crippen LogP contribution in [-0.4, -0.2) is 18.4 Å². The van der Waals surface area contributed by atoms with Crippen LogP contribution in [0.2, 0.25) is 0 Å². The van der Waals surface area contributed by atoms with E-state index in [-0.39, 0.29) is 5.75 Å². The Bertz CT molecular complexity index is 338. The Morgan fingerprint density at radius 3 is 2.33 bits per heavy atom. The van der Waals surface area contributed by atoms with Gasteiger partial charge in [-0.15, -0.1) is 0 Å². The fraction of sp³-hybridized carbons (Fsp3) is 0.333. The Labute approximate surface area is 72.6 Å². The molecular weight excluding hydrogens is 171 g/mol. The summed E-state index contributed by atoms with van der Waals surface area (Å²) in [6.07, 6.45) is 0. The third kappa shape index (κ3) is 1.89. The third-order valence-electron chi connectivity index (χ3n) is 1.81. The van der Waals surface area contributed by atoms with Gasteiger partial charge in [0.15, 0.2) is 0 Å². The van der Waals surface area contributed by atoms with Crippen LogP contribution in [0.4, 0.5) is 0 Å². The van der Waals surface area contributed by atoms with E-state index < -0.39 is 7.14 Å². The van der Waals surface area contributed by atoms with Crippen molar-refractivity contribution in [3.05, 3.63) is 23.8 Å². The summed E-state index contributed by atoms with van der Waals surface area (Å²) < 4.78 is 11.6. The lowest BCUT2D eigenvalue weighted by Gasteiger charge is -2.07. The van der Waals surface area contributed by atoms with Crippen molar-refractivity contribution >= 4 is 12.4 Å². The summed E-state index contributed by atoms with van der Waals surface area (Å²) in [6.45, 7) is 5.20. The second-order valence-electron chi connectivity index (χ2n) is 3.32. The zero-order valence-corrected chi connectivity index (χ0v) is 8.43. The van der Waals surface area contributed by atoms with Gasteiger partial charge in [-0.1, -0.05) is 12.1 Å². The Morgan fingerprint density at radius 2 is 1.92 bits per heavy atom. The molecule has 2 nitrogen and oxygen atoms in total. The van der Waals surface area contributed by atoms with E-state index in [4.69, 9.17) is 0 Å². The Balaban J connectivity index is 3.23. The predicted octanol–water partition coefficient (Wildman–Crippen LogP) is 1.95. The average Bonchev–Trinajstić information content (AvgIpc) is 1.92. The van der Waals surface area contributed by atoms with Gasteiger partial charge in [-0.25, -0.2) is 0 Å². The van der Waals surface area contributed by atoms with E-state index in [0.717, 1.165) is 10.9 Å². The van der Waals surface area contributed by atoms with Gasteiger partial charge in [0, 0.05) is 5.30 Å². The second kappa shape index (κ2) is 2.95. The molecule has 0 aromatic heterocycles. The lowest BCUT2D eigenvalue weighted by molar-refractivity contribution is 0.471. The van der Waals surface area contributed by atoms with Crippen molar-refractivity contribution in [3.8, 4) is 5.75 Å². The third-order valence-corrected chi connectivity index (χ3v) is 3.34. The molecule has 0 spiro atoms. The molecule has 3 heteroatoms. The highest BCUT2D eigenvalue weighted by molar-refractivity contribution is 7.70. The van der Waals surface area contributed by atoms with Gasteiger partial charge in [-0.2, -0.15) is 0 Å². The highest BCUT2D eigenvalue weighted by Gasteiger charge is 2.11. The van der Waals surface area contributed by atoms with Crippen LogP contribution in [0.15, 0.2) is 18.2 Å². The monoisotopic (exact) mass is 184 g/mol. The first-order valence-corrected chi connectivity index (χ1v) is 6.36. The first-order chi connectivity index (χ1) is 5.41. The number of hydrogen-bond donors (Lipinski definition) is 1. The molecule has 0 saturated heterocycles. The molecule has 1 rings (SSSR count). The van der Waals surface area contributed by atoms with Crippen LogP contribution in [0.25, 0.3) is 0 Å². The first kappa shape index (κ1) is 9.34. The lowest BCUT2D eigenvalue weighted by Crippen LogP contribution is -2.01. The van der Waals surface area contributed by atoms with Crippen LogP contribution in [0.5, 0.6) is 5.75 Å². The lowest BCUT2D eigenvalue weighted by atomic mass is 10.2. The van der Waals surface area contributed by atoms with Gasteiger partial charge in [0.1, 0.15) is 12.9 Å². The molecule has 0 radical (unpaired) electrons. The average molecular weight is 184 g/mol. The van der Waals surface area contributed by atoms with Gasteiger partial charge >= 0.3 is 0 Å². The van der Waals surface area contributed by atoms with Crippen molar-refractivity contribution in [1.82, 2.24) is 0 Å². The number of benzene rings is 1. The number of rotatable bonds is 1. The minimum atomic E-state index is -2.22. The fourth-order valence-corrected chi connectivity index (χ4v) is 1.80. The fourth-order valence-electron chi connectivity index (χ4n) is 0.933. The van der Waals surface area contributed by atoms with Gasteiger partial charge < -0.3 is 9.67 Å². The van der Waals surface area contributed by atoms with Crippen molar-refractivity contribution < 1.29 is 9.67 Å². The van der Waals surface area contributed by atoms with Crippen molar-refractivity contribution in [3.63, 3.8) is 0 Å². The van der Waals surface area contributed by atoms with E-state index in [2.05, 4.69) is 0 Å². The Kier molecular flexibility index (Phi) is 2.29. The molecule has 1 aromatic rings. The van der Waals surface area contributed by atoms with Gasteiger partial charge in [0.25, 0.3) is 0 Å². The van der Waals surface area contributed by atoms with E-state index >= 15 is 0 Å². The number of phenols is 1. The number of hydrogen-bond acceptors (Lipinski definition) is 2. The van der Waals surface area contributed by atoms with Crippen LogP contribution in [0.1, 0.15) is 5.56 Å². The quantitative estimate of drug-likeness (QED) is 0.677. The van der Waals surface area contributed by atoms with E-state index in [1.165, 1.54) is 0 Å². The van der Waals surface area contributed by atoms with Crippen LogP contribution < -0.4 is 5.30 Å². The molecule has 66 valence electrons. The Hall–Kier alpha value is -0.750. The maximum absolute atomic E-state index is 11.6. The molecule has 0 aliphatic rings. The van der Waals surface area contributed by atoms with Gasteiger partial charge in [0.2, 0.25) is 0 Å². The summed E-state index contributed by atoms with van der Waals surface area (Å²) >= 11 is 0. The zero-order valence-electron chi connectivity index (χ0n) is 7.53. The summed E-state index contributed by atoms with van der Waals surface area (Å²) in [4.78, 5) is 0. The summed E-state index contributed by atoms with van der Waals surface area (Å²) in [6, 6.07) is 5.16. The summed E-state index contributed by atoms with van der Waals surface area (Å²) in [7, 11) is -2.22. The maximum Gasteiger partial charge on any atom is 0.119 e. The summed E-state index contributed by atoms with van der Waals surface area (Å²) in [5.41, 5.74) is 0.812. The highest BCUT2D eigenvalue weighted by atomic mass is 31.2. The molecular formula is C9H13O2P. The van der Waals surface area contributed by atoms with Crippen molar-refractivity contribution in [2.24, 2.45) is 0 Å². The highest BCUT2D eigenvalue weighted by Crippen LogP contribution is 2.35. The minimum absolute atomic E-state index is 0.219. The molecule has 1 aromatic carbocycles. The predicted molar refractivity (Wildman–Crippen MR) is 51.9 cm³/mol. The molecule has 0 fully saturated rings. The molecule has 0 amide bonds. The van der Waals surface area contributed by atoms with Crippen LogP contribution in [-0.2, 0) is 4.57 Å². The summed E-state index contributed by atoms with van der Waals surface area (Å²) in [5, 5.41) is 10.1. The minimum Gasteiger partial charge on any atom is -0.508 e. The van der Waals surface area contributed by atoms with Gasteiger partial charge in [0.05, 0.1) is 0 Å². The largest absolute Gasteiger partial charge is 0.508 e. The zero-order chi connectivity index (χ0) is 9.35. The Morgan fingerprint density at radius 1 is 1.33 bits per heavy atom.